The molecule has 0 aliphatic heterocycles. The summed E-state index contributed by atoms with van der Waals surface area (Å²) in [4.78, 5) is 7.95. The maximum Gasteiger partial charge on any atom is 0.117 e. The van der Waals surface area contributed by atoms with Gasteiger partial charge >= 0.3 is 0 Å². The molecule has 0 saturated heterocycles. The second-order valence-electron chi connectivity index (χ2n) is 5.18. The Kier molecular flexibility index (Phi) is 2.15. The Morgan fingerprint density at radius 1 is 1.05 bits per heavy atom. The summed E-state index contributed by atoms with van der Waals surface area (Å²) in [5.41, 5.74) is 3.22. The van der Waals surface area contributed by atoms with E-state index in [2.05, 4.69) is 34.2 Å². The predicted molar refractivity (Wildman–Crippen MR) is 74.3 cm³/mol. The fourth-order valence-electron chi connectivity index (χ4n) is 2.76. The molecule has 1 aliphatic carbocycles. The minimum absolute atomic E-state index is 0.276. The van der Waals surface area contributed by atoms with Gasteiger partial charge in [-0.3, -0.25) is 0 Å². The Balaban J connectivity index is 1.66. The van der Waals surface area contributed by atoms with Crippen LogP contribution in [0.15, 0.2) is 48.5 Å². The average molecular weight is 250 g/mol. The van der Waals surface area contributed by atoms with Crippen LogP contribution in [0.1, 0.15) is 29.6 Å². The lowest BCUT2D eigenvalue weighted by Crippen LogP contribution is -1.86. The largest absolute Gasteiger partial charge is 0.508 e. The van der Waals surface area contributed by atoms with E-state index in [4.69, 9.17) is 0 Å². The molecule has 3 nitrogen and oxygen atoms in total. The molecule has 2 atom stereocenters. The summed E-state index contributed by atoms with van der Waals surface area (Å²) in [6.45, 7) is 0. The molecule has 1 aromatic heterocycles. The maximum absolute atomic E-state index is 9.48. The van der Waals surface area contributed by atoms with Crippen molar-refractivity contribution in [3.05, 3.63) is 59.9 Å². The third kappa shape index (κ3) is 1.78. The highest BCUT2D eigenvalue weighted by atomic mass is 16.3. The van der Waals surface area contributed by atoms with Crippen LogP contribution in [-0.2, 0) is 0 Å². The monoisotopic (exact) mass is 250 g/mol. The van der Waals surface area contributed by atoms with E-state index in [1.54, 1.807) is 12.1 Å². The second kappa shape index (κ2) is 3.85. The molecular formula is C16H14N2O. The SMILES string of the molecule is Oc1ccc2nc(C3CC3c3ccccc3)[nH]c2c1. The van der Waals surface area contributed by atoms with Crippen molar-refractivity contribution >= 4 is 11.0 Å². The summed E-state index contributed by atoms with van der Waals surface area (Å²) < 4.78 is 0. The molecule has 0 bridgehead atoms. The zero-order chi connectivity index (χ0) is 12.8. The number of aromatic nitrogens is 2. The summed E-state index contributed by atoms with van der Waals surface area (Å²) in [6.07, 6.45) is 1.15. The smallest absolute Gasteiger partial charge is 0.117 e. The molecular weight excluding hydrogens is 236 g/mol. The minimum Gasteiger partial charge on any atom is -0.508 e. The van der Waals surface area contributed by atoms with E-state index in [-0.39, 0.29) is 5.75 Å². The first-order valence-corrected chi connectivity index (χ1v) is 6.55. The van der Waals surface area contributed by atoms with Gasteiger partial charge in [0.15, 0.2) is 0 Å². The van der Waals surface area contributed by atoms with Crippen molar-refractivity contribution in [2.75, 3.05) is 0 Å². The molecule has 2 unspecified atom stereocenters. The minimum atomic E-state index is 0.276. The summed E-state index contributed by atoms with van der Waals surface area (Å²) >= 11 is 0. The van der Waals surface area contributed by atoms with E-state index >= 15 is 0 Å². The van der Waals surface area contributed by atoms with Gasteiger partial charge in [-0.05, 0) is 30.0 Å². The van der Waals surface area contributed by atoms with E-state index in [1.165, 1.54) is 5.56 Å². The number of benzene rings is 2. The summed E-state index contributed by atoms with van der Waals surface area (Å²) in [5.74, 6) is 2.37. The van der Waals surface area contributed by atoms with Crippen molar-refractivity contribution < 1.29 is 5.11 Å². The van der Waals surface area contributed by atoms with Gasteiger partial charge in [0.2, 0.25) is 0 Å². The van der Waals surface area contributed by atoms with Crippen LogP contribution in [0.4, 0.5) is 0 Å². The Morgan fingerprint density at radius 3 is 2.74 bits per heavy atom. The number of fused-ring (bicyclic) bond motifs is 1. The van der Waals surface area contributed by atoms with Gasteiger partial charge in [0.05, 0.1) is 11.0 Å². The van der Waals surface area contributed by atoms with Gasteiger partial charge in [-0.15, -0.1) is 0 Å². The number of aromatic amines is 1. The van der Waals surface area contributed by atoms with Crippen LogP contribution in [0.3, 0.4) is 0 Å². The Morgan fingerprint density at radius 2 is 1.89 bits per heavy atom. The van der Waals surface area contributed by atoms with Gasteiger partial charge < -0.3 is 10.1 Å². The van der Waals surface area contributed by atoms with Gasteiger partial charge in [-0.25, -0.2) is 4.98 Å². The quantitative estimate of drug-likeness (QED) is 0.730. The number of nitrogens with one attached hydrogen (secondary N) is 1. The third-order valence-electron chi connectivity index (χ3n) is 3.85. The van der Waals surface area contributed by atoms with E-state index in [1.807, 2.05) is 12.1 Å². The van der Waals surface area contributed by atoms with Crippen molar-refractivity contribution in [3.8, 4) is 5.75 Å². The van der Waals surface area contributed by atoms with E-state index in [9.17, 15) is 5.11 Å². The number of phenols is 1. The van der Waals surface area contributed by atoms with Gasteiger partial charge in [0, 0.05) is 12.0 Å². The number of H-pyrrole nitrogens is 1. The lowest BCUT2D eigenvalue weighted by Gasteiger charge is -1.97. The van der Waals surface area contributed by atoms with Crippen LogP contribution in [-0.4, -0.2) is 15.1 Å². The van der Waals surface area contributed by atoms with Crippen molar-refractivity contribution in [3.63, 3.8) is 0 Å². The van der Waals surface area contributed by atoms with Crippen molar-refractivity contribution in [2.45, 2.75) is 18.3 Å². The van der Waals surface area contributed by atoms with Crippen LogP contribution >= 0.6 is 0 Å². The molecule has 94 valence electrons. The zero-order valence-corrected chi connectivity index (χ0v) is 10.4. The normalized spacial score (nSPS) is 21.7. The van der Waals surface area contributed by atoms with E-state index < -0.39 is 0 Å². The molecule has 0 spiro atoms. The second-order valence-corrected chi connectivity index (χ2v) is 5.18. The maximum atomic E-state index is 9.48. The Hall–Kier alpha value is -2.29. The van der Waals surface area contributed by atoms with Gasteiger partial charge in [0.25, 0.3) is 0 Å². The summed E-state index contributed by atoms with van der Waals surface area (Å²) in [6, 6.07) is 15.8. The fraction of sp³-hybridized carbons (Fsp3) is 0.188. The number of nitrogens with zero attached hydrogens (tertiary/aromatic N) is 1. The van der Waals surface area contributed by atoms with Crippen LogP contribution < -0.4 is 0 Å². The van der Waals surface area contributed by atoms with Crippen LogP contribution in [0, 0.1) is 0 Å². The third-order valence-corrected chi connectivity index (χ3v) is 3.85. The fourth-order valence-corrected chi connectivity index (χ4v) is 2.76. The molecule has 0 radical (unpaired) electrons. The molecule has 1 heterocycles. The number of hydrogen-bond donors (Lipinski definition) is 2. The zero-order valence-electron chi connectivity index (χ0n) is 10.4. The molecule has 1 saturated carbocycles. The lowest BCUT2D eigenvalue weighted by molar-refractivity contribution is 0.476. The van der Waals surface area contributed by atoms with Crippen LogP contribution in [0.25, 0.3) is 11.0 Å². The van der Waals surface area contributed by atoms with Crippen molar-refractivity contribution in [2.24, 2.45) is 0 Å². The van der Waals surface area contributed by atoms with E-state index in [0.717, 1.165) is 23.3 Å². The molecule has 3 heteroatoms. The average Bonchev–Trinajstić information content (AvgIpc) is 3.13. The molecule has 1 fully saturated rings. The van der Waals surface area contributed by atoms with Crippen molar-refractivity contribution in [1.29, 1.82) is 0 Å². The van der Waals surface area contributed by atoms with Crippen LogP contribution in [0.5, 0.6) is 5.75 Å². The molecule has 3 aromatic rings. The number of rotatable bonds is 2. The topological polar surface area (TPSA) is 48.9 Å². The molecule has 4 rings (SSSR count). The number of aromatic hydroxyl groups is 1. The summed E-state index contributed by atoms with van der Waals surface area (Å²) in [5, 5.41) is 9.48. The molecule has 2 N–H and O–H groups in total. The highest BCUT2D eigenvalue weighted by Gasteiger charge is 2.41. The highest BCUT2D eigenvalue weighted by molar-refractivity contribution is 5.77. The first-order valence-electron chi connectivity index (χ1n) is 6.55. The number of imidazole rings is 1. The van der Waals surface area contributed by atoms with Gasteiger partial charge in [-0.1, -0.05) is 30.3 Å². The molecule has 1 aliphatic rings. The van der Waals surface area contributed by atoms with E-state index in [0.29, 0.717) is 11.8 Å². The lowest BCUT2D eigenvalue weighted by atomic mass is 10.1. The predicted octanol–water partition coefficient (Wildman–Crippen LogP) is 3.54. The first-order chi connectivity index (χ1) is 9.31. The standard InChI is InChI=1S/C16H14N2O/c19-11-6-7-14-15(8-11)18-16(17-14)13-9-12(13)10-4-2-1-3-5-10/h1-8,12-13,19H,9H2,(H,17,18). The highest BCUT2D eigenvalue weighted by Crippen LogP contribution is 2.53. The first kappa shape index (κ1) is 10.6. The number of hydrogen-bond acceptors (Lipinski definition) is 2. The number of phenolic OH excluding ortho intramolecular Hbond substituents is 1. The molecule has 2 aromatic carbocycles. The van der Waals surface area contributed by atoms with Crippen molar-refractivity contribution in [1.82, 2.24) is 9.97 Å². The Bertz CT molecular complexity index is 733. The molecule has 0 amide bonds. The van der Waals surface area contributed by atoms with Gasteiger partial charge in [0.1, 0.15) is 11.6 Å². The van der Waals surface area contributed by atoms with Crippen LogP contribution in [0.2, 0.25) is 0 Å². The molecule has 19 heavy (non-hydrogen) atoms. The summed E-state index contributed by atoms with van der Waals surface area (Å²) in [7, 11) is 0. The van der Waals surface area contributed by atoms with Gasteiger partial charge in [-0.2, -0.15) is 0 Å². The Labute approximate surface area is 110 Å².